The van der Waals surface area contributed by atoms with Crippen LogP contribution in [0.1, 0.15) is 18.1 Å². The summed E-state index contributed by atoms with van der Waals surface area (Å²) in [7, 11) is 3.14. The highest BCUT2D eigenvalue weighted by Crippen LogP contribution is 2.14. The minimum atomic E-state index is -0.277. The molecule has 2 aromatic rings. The Kier molecular flexibility index (Phi) is 6.32. The molecule has 2 rings (SSSR count). The van der Waals surface area contributed by atoms with Crippen LogP contribution in [-0.4, -0.2) is 36.1 Å². The number of likely N-dealkylation sites (N-methyl/N-ethyl adjacent to an activating group) is 1. The molecule has 0 N–H and O–H groups in total. The van der Waals surface area contributed by atoms with Crippen molar-refractivity contribution in [3.05, 3.63) is 71.8 Å². The van der Waals surface area contributed by atoms with Crippen LogP contribution < -0.4 is 0 Å². The number of carbonyl (C=O) groups is 1. The number of hydroxylamine groups is 2. The molecule has 122 valence electrons. The maximum absolute atomic E-state index is 12.5. The molecule has 0 aliphatic carbocycles. The van der Waals surface area contributed by atoms with Gasteiger partial charge in [-0.25, -0.2) is 5.06 Å². The van der Waals surface area contributed by atoms with Gasteiger partial charge in [-0.3, -0.25) is 14.5 Å². The first kappa shape index (κ1) is 17.2. The van der Waals surface area contributed by atoms with Gasteiger partial charge in [-0.1, -0.05) is 60.7 Å². The largest absolute Gasteiger partial charge is 0.284 e. The fraction of sp³-hybridized carbons (Fsp3) is 0.316. The highest BCUT2D eigenvalue weighted by molar-refractivity contribution is 5.80. The summed E-state index contributed by atoms with van der Waals surface area (Å²) in [4.78, 5) is 19.7. The van der Waals surface area contributed by atoms with E-state index in [0.29, 0.717) is 13.1 Å². The summed E-state index contributed by atoms with van der Waals surface area (Å²) >= 11 is 0. The van der Waals surface area contributed by atoms with E-state index in [9.17, 15) is 4.79 Å². The van der Waals surface area contributed by atoms with Crippen LogP contribution in [-0.2, 0) is 22.7 Å². The standard InChI is InChI=1S/C19H24N2O2/c1-16(19(22)20(2)23-3)21(14-17-10-6-4-7-11-17)15-18-12-8-5-9-13-18/h4-13,16H,14-15H2,1-3H3. The molecule has 4 nitrogen and oxygen atoms in total. The number of carbonyl (C=O) groups excluding carboxylic acids is 1. The summed E-state index contributed by atoms with van der Waals surface area (Å²) in [5.74, 6) is -0.0561. The normalized spacial score (nSPS) is 12.2. The molecule has 0 saturated carbocycles. The minimum absolute atomic E-state index is 0.0561. The molecule has 0 fully saturated rings. The van der Waals surface area contributed by atoms with Gasteiger partial charge in [0, 0.05) is 20.1 Å². The summed E-state index contributed by atoms with van der Waals surface area (Å²) < 4.78 is 0. The van der Waals surface area contributed by atoms with E-state index in [1.165, 1.54) is 23.3 Å². The first-order valence-electron chi connectivity index (χ1n) is 7.75. The number of hydrogen-bond acceptors (Lipinski definition) is 3. The maximum atomic E-state index is 12.5. The summed E-state index contributed by atoms with van der Waals surface area (Å²) in [6.07, 6.45) is 0. The van der Waals surface area contributed by atoms with E-state index < -0.39 is 0 Å². The van der Waals surface area contributed by atoms with Gasteiger partial charge in [-0.05, 0) is 18.1 Å². The Hall–Kier alpha value is -2.17. The summed E-state index contributed by atoms with van der Waals surface area (Å²) in [6, 6.07) is 20.1. The van der Waals surface area contributed by atoms with Crippen molar-refractivity contribution in [1.29, 1.82) is 0 Å². The van der Waals surface area contributed by atoms with Crippen LogP contribution in [0.5, 0.6) is 0 Å². The lowest BCUT2D eigenvalue weighted by atomic mass is 10.1. The van der Waals surface area contributed by atoms with Gasteiger partial charge in [0.25, 0.3) is 5.91 Å². The Morgan fingerprint density at radius 2 is 1.39 bits per heavy atom. The first-order chi connectivity index (χ1) is 11.1. The lowest BCUT2D eigenvalue weighted by molar-refractivity contribution is -0.174. The molecule has 0 aromatic heterocycles. The van der Waals surface area contributed by atoms with Gasteiger partial charge in [0.05, 0.1) is 13.2 Å². The van der Waals surface area contributed by atoms with Crippen LogP contribution in [0.3, 0.4) is 0 Å². The SMILES string of the molecule is CON(C)C(=O)C(C)N(Cc1ccccc1)Cc1ccccc1. The third-order valence-electron chi connectivity index (χ3n) is 3.95. The van der Waals surface area contributed by atoms with E-state index >= 15 is 0 Å². The van der Waals surface area contributed by atoms with Gasteiger partial charge in [0.2, 0.25) is 0 Å². The van der Waals surface area contributed by atoms with Gasteiger partial charge in [0.15, 0.2) is 0 Å². The molecule has 0 aliphatic heterocycles. The Morgan fingerprint density at radius 3 is 1.78 bits per heavy atom. The highest BCUT2D eigenvalue weighted by Gasteiger charge is 2.24. The molecular weight excluding hydrogens is 288 g/mol. The molecule has 4 heteroatoms. The number of benzene rings is 2. The Labute approximate surface area is 138 Å². The Balaban J connectivity index is 2.18. The van der Waals surface area contributed by atoms with Crippen molar-refractivity contribution in [3.8, 4) is 0 Å². The second-order valence-corrected chi connectivity index (χ2v) is 5.57. The smallest absolute Gasteiger partial charge is 0.262 e. The Morgan fingerprint density at radius 1 is 0.957 bits per heavy atom. The summed E-state index contributed by atoms with van der Waals surface area (Å²) in [5.41, 5.74) is 2.37. The second-order valence-electron chi connectivity index (χ2n) is 5.57. The monoisotopic (exact) mass is 312 g/mol. The number of rotatable bonds is 7. The molecule has 23 heavy (non-hydrogen) atoms. The third kappa shape index (κ3) is 4.91. The van der Waals surface area contributed by atoms with Gasteiger partial charge in [-0.2, -0.15) is 0 Å². The van der Waals surface area contributed by atoms with Gasteiger partial charge in [0.1, 0.15) is 0 Å². The summed E-state index contributed by atoms with van der Waals surface area (Å²) in [6.45, 7) is 3.34. The third-order valence-corrected chi connectivity index (χ3v) is 3.95. The quantitative estimate of drug-likeness (QED) is 0.737. The van der Waals surface area contributed by atoms with Crippen LogP contribution in [0.25, 0.3) is 0 Å². The van der Waals surface area contributed by atoms with Crippen molar-refractivity contribution in [2.24, 2.45) is 0 Å². The predicted octanol–water partition coefficient (Wildman–Crippen LogP) is 3.10. The molecule has 0 aliphatic rings. The van der Waals surface area contributed by atoms with Gasteiger partial charge in [-0.15, -0.1) is 0 Å². The molecule has 0 heterocycles. The van der Waals surface area contributed by atoms with E-state index in [4.69, 9.17) is 4.84 Å². The van der Waals surface area contributed by atoms with E-state index in [-0.39, 0.29) is 11.9 Å². The average Bonchev–Trinajstić information content (AvgIpc) is 2.61. The highest BCUT2D eigenvalue weighted by atomic mass is 16.7. The molecule has 2 aromatic carbocycles. The van der Waals surface area contributed by atoms with Crippen molar-refractivity contribution in [1.82, 2.24) is 9.96 Å². The van der Waals surface area contributed by atoms with E-state index in [2.05, 4.69) is 29.2 Å². The zero-order valence-electron chi connectivity index (χ0n) is 14.0. The lowest BCUT2D eigenvalue weighted by Crippen LogP contribution is -2.44. The van der Waals surface area contributed by atoms with Crippen LogP contribution >= 0.6 is 0 Å². The van der Waals surface area contributed by atoms with Crippen molar-refractivity contribution in [2.75, 3.05) is 14.2 Å². The van der Waals surface area contributed by atoms with Crippen LogP contribution in [0.15, 0.2) is 60.7 Å². The molecule has 1 atom stereocenters. The van der Waals surface area contributed by atoms with E-state index in [1.807, 2.05) is 43.3 Å². The average molecular weight is 312 g/mol. The van der Waals surface area contributed by atoms with Crippen LogP contribution in [0, 0.1) is 0 Å². The molecule has 1 amide bonds. The molecule has 0 bridgehead atoms. The summed E-state index contributed by atoms with van der Waals surface area (Å²) in [5, 5.41) is 1.29. The van der Waals surface area contributed by atoms with Crippen LogP contribution in [0.2, 0.25) is 0 Å². The van der Waals surface area contributed by atoms with Crippen molar-refractivity contribution < 1.29 is 9.63 Å². The lowest BCUT2D eigenvalue weighted by Gasteiger charge is -2.30. The van der Waals surface area contributed by atoms with Crippen molar-refractivity contribution >= 4 is 5.91 Å². The van der Waals surface area contributed by atoms with Gasteiger partial charge < -0.3 is 0 Å². The molecule has 0 spiro atoms. The predicted molar refractivity (Wildman–Crippen MR) is 91.4 cm³/mol. The molecular formula is C19H24N2O2. The van der Waals surface area contributed by atoms with E-state index in [1.54, 1.807) is 7.05 Å². The number of nitrogens with zero attached hydrogens (tertiary/aromatic N) is 2. The van der Waals surface area contributed by atoms with Crippen molar-refractivity contribution in [2.45, 2.75) is 26.1 Å². The molecule has 0 saturated heterocycles. The van der Waals surface area contributed by atoms with Crippen LogP contribution in [0.4, 0.5) is 0 Å². The van der Waals surface area contributed by atoms with E-state index in [0.717, 1.165) is 0 Å². The fourth-order valence-electron chi connectivity index (χ4n) is 2.47. The Bertz CT molecular complexity index is 560. The molecule has 1 unspecified atom stereocenters. The maximum Gasteiger partial charge on any atom is 0.262 e. The topological polar surface area (TPSA) is 32.8 Å². The second kappa shape index (κ2) is 8.46. The van der Waals surface area contributed by atoms with Gasteiger partial charge >= 0.3 is 0 Å². The zero-order chi connectivity index (χ0) is 16.7. The first-order valence-corrected chi connectivity index (χ1v) is 7.75. The molecule has 0 radical (unpaired) electrons. The minimum Gasteiger partial charge on any atom is -0.284 e. The number of amides is 1. The fourth-order valence-corrected chi connectivity index (χ4v) is 2.47. The number of hydrogen-bond donors (Lipinski definition) is 0. The van der Waals surface area contributed by atoms with Crippen molar-refractivity contribution in [3.63, 3.8) is 0 Å². The zero-order valence-corrected chi connectivity index (χ0v) is 14.0.